The molecule has 1 amide bonds. The monoisotopic (exact) mass is 469 g/mol. The molecule has 0 saturated carbocycles. The summed E-state index contributed by atoms with van der Waals surface area (Å²) in [6, 6.07) is 11.9. The number of benzene rings is 2. The van der Waals surface area contributed by atoms with E-state index >= 15 is 0 Å². The first kappa shape index (κ1) is 25.7. The van der Waals surface area contributed by atoms with Crippen LogP contribution in [-0.2, 0) is 14.4 Å². The van der Waals surface area contributed by atoms with Crippen molar-refractivity contribution in [1.82, 2.24) is 4.90 Å². The molecule has 0 N–H and O–H groups in total. The minimum absolute atomic E-state index is 0.0371. The molecule has 1 atom stereocenters. The summed E-state index contributed by atoms with van der Waals surface area (Å²) in [4.78, 5) is 40.0. The van der Waals surface area contributed by atoms with Crippen molar-refractivity contribution in [3.63, 3.8) is 0 Å². The van der Waals surface area contributed by atoms with Crippen LogP contribution >= 0.6 is 0 Å². The van der Waals surface area contributed by atoms with E-state index in [1.165, 1.54) is 29.2 Å². The zero-order chi connectivity index (χ0) is 24.9. The predicted octanol–water partition coefficient (Wildman–Crippen LogP) is 5.83. The molecule has 1 aliphatic heterocycles. The maximum absolute atomic E-state index is 13.4. The molecular weight excluding hydrogens is 436 g/mol. The molecule has 0 unspecified atom stereocenters. The summed E-state index contributed by atoms with van der Waals surface area (Å²) < 4.78 is 26.9. The summed E-state index contributed by atoms with van der Waals surface area (Å²) in [5, 5.41) is 0. The zero-order valence-electron chi connectivity index (χ0n) is 20.2. The highest BCUT2D eigenvalue weighted by molar-refractivity contribution is 6.38. The maximum atomic E-state index is 13.4. The SMILES string of the molecule is CCC(C)(C)C(=O)C(=O)N1CCC[C@H]1C(=O)CCCC(c1ccc(F)cc1)c1ccc(F)cc1. The van der Waals surface area contributed by atoms with Gasteiger partial charge in [0, 0.05) is 24.3 Å². The van der Waals surface area contributed by atoms with Crippen molar-refractivity contribution in [3.8, 4) is 0 Å². The van der Waals surface area contributed by atoms with Crippen molar-refractivity contribution in [2.75, 3.05) is 6.54 Å². The number of halogens is 2. The smallest absolute Gasteiger partial charge is 0.291 e. The molecule has 2 aromatic carbocycles. The van der Waals surface area contributed by atoms with Gasteiger partial charge in [-0.05, 0) is 67.5 Å². The van der Waals surface area contributed by atoms with Gasteiger partial charge in [-0.2, -0.15) is 0 Å². The van der Waals surface area contributed by atoms with Crippen LogP contribution in [0.15, 0.2) is 48.5 Å². The second kappa shape index (κ2) is 11.0. The van der Waals surface area contributed by atoms with Gasteiger partial charge < -0.3 is 4.90 Å². The maximum Gasteiger partial charge on any atom is 0.291 e. The van der Waals surface area contributed by atoms with Crippen LogP contribution in [0.5, 0.6) is 0 Å². The van der Waals surface area contributed by atoms with E-state index in [1.807, 2.05) is 6.92 Å². The molecular formula is C28H33F2NO3. The van der Waals surface area contributed by atoms with Crippen LogP contribution in [0.3, 0.4) is 0 Å². The van der Waals surface area contributed by atoms with Crippen molar-refractivity contribution in [3.05, 3.63) is 71.3 Å². The molecule has 1 fully saturated rings. The average Bonchev–Trinajstić information content (AvgIpc) is 3.32. The Bertz CT molecular complexity index is 969. The number of ketones is 2. The number of rotatable bonds is 10. The van der Waals surface area contributed by atoms with Crippen LogP contribution in [0.4, 0.5) is 8.78 Å². The molecule has 182 valence electrons. The van der Waals surface area contributed by atoms with Gasteiger partial charge in [-0.15, -0.1) is 0 Å². The van der Waals surface area contributed by atoms with E-state index in [0.717, 1.165) is 11.1 Å². The third-order valence-electron chi connectivity index (χ3n) is 7.04. The number of nitrogens with zero attached hydrogens (tertiary/aromatic N) is 1. The van der Waals surface area contributed by atoms with Crippen LogP contribution in [-0.4, -0.2) is 35.0 Å². The summed E-state index contributed by atoms with van der Waals surface area (Å²) in [6.45, 7) is 5.81. The molecule has 3 rings (SSSR count). The number of hydrogen-bond donors (Lipinski definition) is 0. The van der Waals surface area contributed by atoms with Crippen molar-refractivity contribution in [2.45, 2.75) is 71.3 Å². The second-order valence-corrected chi connectivity index (χ2v) is 9.74. The molecule has 4 nitrogen and oxygen atoms in total. The molecule has 1 heterocycles. The Labute approximate surface area is 200 Å². The number of carbonyl (C=O) groups is 3. The lowest BCUT2D eigenvalue weighted by Gasteiger charge is -2.27. The summed E-state index contributed by atoms with van der Waals surface area (Å²) in [5.74, 6) is -1.81. The quantitative estimate of drug-likeness (QED) is 0.411. The Morgan fingerprint density at radius 1 is 0.971 bits per heavy atom. The third-order valence-corrected chi connectivity index (χ3v) is 7.04. The van der Waals surface area contributed by atoms with Crippen molar-refractivity contribution >= 4 is 17.5 Å². The fourth-order valence-electron chi connectivity index (χ4n) is 4.49. The van der Waals surface area contributed by atoms with Crippen LogP contribution < -0.4 is 0 Å². The van der Waals surface area contributed by atoms with Gasteiger partial charge in [0.15, 0.2) is 5.78 Å². The Hall–Kier alpha value is -2.89. The normalized spacial score (nSPS) is 16.2. The Morgan fingerprint density at radius 3 is 2.00 bits per heavy atom. The number of likely N-dealkylation sites (tertiary alicyclic amines) is 1. The molecule has 0 aromatic heterocycles. The zero-order valence-corrected chi connectivity index (χ0v) is 20.2. The lowest BCUT2D eigenvalue weighted by Crippen LogP contribution is -2.47. The molecule has 0 bridgehead atoms. The highest BCUT2D eigenvalue weighted by Crippen LogP contribution is 2.31. The Morgan fingerprint density at radius 2 is 1.50 bits per heavy atom. The molecule has 0 spiro atoms. The van der Waals surface area contributed by atoms with Gasteiger partial charge in [-0.1, -0.05) is 45.0 Å². The van der Waals surface area contributed by atoms with Gasteiger partial charge in [-0.3, -0.25) is 14.4 Å². The van der Waals surface area contributed by atoms with E-state index in [-0.39, 0.29) is 29.8 Å². The van der Waals surface area contributed by atoms with Crippen molar-refractivity contribution in [1.29, 1.82) is 0 Å². The van der Waals surface area contributed by atoms with Gasteiger partial charge in [-0.25, -0.2) is 8.78 Å². The first-order valence-corrected chi connectivity index (χ1v) is 12.0. The lowest BCUT2D eigenvalue weighted by atomic mass is 9.84. The van der Waals surface area contributed by atoms with Gasteiger partial charge in [0.2, 0.25) is 5.78 Å². The number of amides is 1. The van der Waals surface area contributed by atoms with Crippen LogP contribution in [0, 0.1) is 17.0 Å². The summed E-state index contributed by atoms with van der Waals surface area (Å²) in [6.07, 6.45) is 3.28. The van der Waals surface area contributed by atoms with E-state index < -0.39 is 23.1 Å². The standard InChI is InChI=1S/C28H33F2NO3/c1-4-28(2,3)26(33)27(34)31-18-6-8-24(31)25(32)9-5-7-23(19-10-14-21(29)15-11-19)20-12-16-22(30)17-13-20/h10-17,23-24H,4-9,18H2,1-3H3/t24-/m0/s1. The molecule has 34 heavy (non-hydrogen) atoms. The van der Waals surface area contributed by atoms with Crippen LogP contribution in [0.1, 0.15) is 76.3 Å². The first-order valence-electron chi connectivity index (χ1n) is 12.0. The first-order chi connectivity index (χ1) is 16.1. The predicted molar refractivity (Wildman–Crippen MR) is 127 cm³/mol. The molecule has 0 aliphatic carbocycles. The largest absolute Gasteiger partial charge is 0.326 e. The fraction of sp³-hybridized carbons (Fsp3) is 0.464. The van der Waals surface area contributed by atoms with E-state index in [0.29, 0.717) is 38.6 Å². The molecule has 2 aromatic rings. The Kier molecular flexibility index (Phi) is 8.34. The van der Waals surface area contributed by atoms with E-state index in [9.17, 15) is 23.2 Å². The van der Waals surface area contributed by atoms with Gasteiger partial charge in [0.05, 0.1) is 6.04 Å². The number of carbonyl (C=O) groups excluding carboxylic acids is 3. The Balaban J connectivity index is 1.67. The molecule has 1 saturated heterocycles. The van der Waals surface area contributed by atoms with Crippen molar-refractivity contribution in [2.24, 2.45) is 5.41 Å². The van der Waals surface area contributed by atoms with Gasteiger partial charge in [0.1, 0.15) is 11.6 Å². The lowest BCUT2D eigenvalue weighted by molar-refractivity contribution is -0.151. The number of hydrogen-bond acceptors (Lipinski definition) is 3. The second-order valence-electron chi connectivity index (χ2n) is 9.74. The molecule has 0 radical (unpaired) electrons. The van der Waals surface area contributed by atoms with Crippen LogP contribution in [0.25, 0.3) is 0 Å². The molecule has 1 aliphatic rings. The summed E-state index contributed by atoms with van der Waals surface area (Å²) in [5.41, 5.74) is 1.04. The topological polar surface area (TPSA) is 54.5 Å². The van der Waals surface area contributed by atoms with E-state index in [4.69, 9.17) is 0 Å². The summed E-state index contributed by atoms with van der Waals surface area (Å²) in [7, 11) is 0. The fourth-order valence-corrected chi connectivity index (χ4v) is 4.49. The average molecular weight is 470 g/mol. The van der Waals surface area contributed by atoms with Crippen LogP contribution in [0.2, 0.25) is 0 Å². The minimum atomic E-state index is -0.745. The van der Waals surface area contributed by atoms with Gasteiger partial charge in [0.25, 0.3) is 5.91 Å². The van der Waals surface area contributed by atoms with Gasteiger partial charge >= 0.3 is 0 Å². The number of Topliss-reactive ketones (excluding diaryl/α,β-unsaturated/α-hetero) is 2. The van der Waals surface area contributed by atoms with E-state index in [2.05, 4.69) is 0 Å². The third kappa shape index (κ3) is 5.96. The minimum Gasteiger partial charge on any atom is -0.326 e. The molecule has 6 heteroatoms. The highest BCUT2D eigenvalue weighted by atomic mass is 19.1. The van der Waals surface area contributed by atoms with Crippen molar-refractivity contribution < 1.29 is 23.2 Å². The van der Waals surface area contributed by atoms with E-state index in [1.54, 1.807) is 38.1 Å². The summed E-state index contributed by atoms with van der Waals surface area (Å²) >= 11 is 0. The highest BCUT2D eigenvalue weighted by Gasteiger charge is 2.40.